The van der Waals surface area contributed by atoms with Gasteiger partial charge in [0.05, 0.1) is 12.2 Å². The van der Waals surface area contributed by atoms with E-state index in [2.05, 4.69) is 9.97 Å². The first-order chi connectivity index (χ1) is 10.5. The summed E-state index contributed by atoms with van der Waals surface area (Å²) >= 11 is 0. The highest BCUT2D eigenvalue weighted by molar-refractivity contribution is 7.92. The number of nitrogen functional groups attached to an aromatic ring is 1. The van der Waals surface area contributed by atoms with Gasteiger partial charge in [-0.2, -0.15) is 4.31 Å². The Balaban J connectivity index is 1.81. The standard InChI is InChI=1S/C15H16N4O2S/c16-15-17-10-13-6-8-19(11-14(13)18-15)22(20,21)9-7-12-4-2-1-3-5-12/h1-5,7,9-10H,6,8,11H2,(H2,16,17,18)/b9-7+. The van der Waals surface area contributed by atoms with E-state index < -0.39 is 10.0 Å². The van der Waals surface area contributed by atoms with Gasteiger partial charge in [0.2, 0.25) is 16.0 Å². The third-order valence-corrected chi connectivity index (χ3v) is 5.03. The minimum absolute atomic E-state index is 0.165. The first kappa shape index (κ1) is 14.7. The van der Waals surface area contributed by atoms with Crippen LogP contribution in [0.25, 0.3) is 6.08 Å². The Hall–Kier alpha value is -2.25. The number of fused-ring (bicyclic) bond motifs is 1. The molecule has 0 fully saturated rings. The van der Waals surface area contributed by atoms with Crippen LogP contribution in [0.2, 0.25) is 0 Å². The molecule has 22 heavy (non-hydrogen) atoms. The average molecular weight is 316 g/mol. The van der Waals surface area contributed by atoms with Gasteiger partial charge in [0.25, 0.3) is 0 Å². The average Bonchev–Trinajstić information content (AvgIpc) is 2.53. The molecule has 2 aromatic rings. The number of rotatable bonds is 3. The molecule has 2 heterocycles. The van der Waals surface area contributed by atoms with E-state index >= 15 is 0 Å². The lowest BCUT2D eigenvalue weighted by molar-refractivity contribution is 0.390. The van der Waals surface area contributed by atoms with Crippen molar-refractivity contribution in [3.8, 4) is 0 Å². The quantitative estimate of drug-likeness (QED) is 0.925. The molecular formula is C15H16N4O2S. The molecule has 0 unspecified atom stereocenters. The molecule has 7 heteroatoms. The molecule has 6 nitrogen and oxygen atoms in total. The van der Waals surface area contributed by atoms with Gasteiger partial charge in [-0.1, -0.05) is 30.3 Å². The summed E-state index contributed by atoms with van der Waals surface area (Å²) in [5, 5.41) is 1.23. The second kappa shape index (κ2) is 5.86. The molecule has 1 aliphatic rings. The molecule has 2 N–H and O–H groups in total. The number of benzene rings is 1. The number of hydrogen-bond acceptors (Lipinski definition) is 5. The summed E-state index contributed by atoms with van der Waals surface area (Å²) in [5.74, 6) is 0.165. The monoisotopic (exact) mass is 316 g/mol. The van der Waals surface area contributed by atoms with E-state index in [0.29, 0.717) is 18.7 Å². The summed E-state index contributed by atoms with van der Waals surface area (Å²) in [6.07, 6.45) is 3.86. The molecule has 0 radical (unpaired) electrons. The predicted octanol–water partition coefficient (Wildman–Crippen LogP) is 1.42. The van der Waals surface area contributed by atoms with E-state index in [1.807, 2.05) is 30.3 Å². The zero-order valence-electron chi connectivity index (χ0n) is 11.9. The second-order valence-electron chi connectivity index (χ2n) is 5.04. The van der Waals surface area contributed by atoms with Crippen LogP contribution in [-0.4, -0.2) is 29.2 Å². The summed E-state index contributed by atoms with van der Waals surface area (Å²) in [5.41, 5.74) is 8.04. The third kappa shape index (κ3) is 3.15. The van der Waals surface area contributed by atoms with Gasteiger partial charge < -0.3 is 5.73 Å². The number of aromatic nitrogens is 2. The van der Waals surface area contributed by atoms with Crippen LogP contribution in [0, 0.1) is 0 Å². The Labute approximate surface area is 129 Å². The topological polar surface area (TPSA) is 89.2 Å². The van der Waals surface area contributed by atoms with Crippen molar-refractivity contribution in [3.63, 3.8) is 0 Å². The number of anilines is 1. The highest BCUT2D eigenvalue weighted by Crippen LogP contribution is 2.20. The fourth-order valence-electron chi connectivity index (χ4n) is 2.33. The molecule has 0 spiro atoms. The second-order valence-corrected chi connectivity index (χ2v) is 6.86. The van der Waals surface area contributed by atoms with Crippen molar-refractivity contribution in [2.24, 2.45) is 0 Å². The first-order valence-electron chi connectivity index (χ1n) is 6.88. The highest BCUT2D eigenvalue weighted by atomic mass is 32.2. The number of sulfonamides is 1. The van der Waals surface area contributed by atoms with E-state index in [4.69, 9.17) is 5.73 Å². The van der Waals surface area contributed by atoms with Gasteiger partial charge in [-0.15, -0.1) is 0 Å². The van der Waals surface area contributed by atoms with Gasteiger partial charge in [-0.3, -0.25) is 0 Å². The van der Waals surface area contributed by atoms with Crippen LogP contribution in [0.5, 0.6) is 0 Å². The lowest BCUT2D eigenvalue weighted by Gasteiger charge is -2.25. The van der Waals surface area contributed by atoms with E-state index in [0.717, 1.165) is 11.1 Å². The summed E-state index contributed by atoms with van der Waals surface area (Å²) < 4.78 is 26.2. The Morgan fingerprint density at radius 3 is 2.77 bits per heavy atom. The van der Waals surface area contributed by atoms with Crippen LogP contribution in [-0.2, 0) is 23.0 Å². The summed E-state index contributed by atoms with van der Waals surface area (Å²) in [7, 11) is -3.49. The fraction of sp³-hybridized carbons (Fsp3) is 0.200. The Morgan fingerprint density at radius 2 is 2.00 bits per heavy atom. The SMILES string of the molecule is Nc1ncc2c(n1)CN(S(=O)(=O)/C=C/c1ccccc1)CC2. The molecule has 0 saturated heterocycles. The summed E-state index contributed by atoms with van der Waals surface area (Å²) in [6, 6.07) is 9.32. The van der Waals surface area contributed by atoms with Gasteiger partial charge in [-0.05, 0) is 23.6 Å². The lowest BCUT2D eigenvalue weighted by atomic mass is 10.1. The van der Waals surface area contributed by atoms with Crippen molar-refractivity contribution >= 4 is 22.0 Å². The van der Waals surface area contributed by atoms with E-state index in [9.17, 15) is 8.42 Å². The van der Waals surface area contributed by atoms with Crippen molar-refractivity contribution < 1.29 is 8.42 Å². The minimum atomic E-state index is -3.49. The molecule has 3 rings (SSSR count). The molecule has 0 atom stereocenters. The van der Waals surface area contributed by atoms with Crippen LogP contribution in [0.3, 0.4) is 0 Å². The van der Waals surface area contributed by atoms with E-state index in [-0.39, 0.29) is 12.5 Å². The van der Waals surface area contributed by atoms with Crippen molar-refractivity contribution in [1.82, 2.24) is 14.3 Å². The van der Waals surface area contributed by atoms with Gasteiger partial charge in [0, 0.05) is 18.1 Å². The van der Waals surface area contributed by atoms with Crippen molar-refractivity contribution in [2.75, 3.05) is 12.3 Å². The summed E-state index contributed by atoms with van der Waals surface area (Å²) in [6.45, 7) is 0.644. The number of nitrogens with two attached hydrogens (primary N) is 1. The zero-order valence-corrected chi connectivity index (χ0v) is 12.7. The van der Waals surface area contributed by atoms with Gasteiger partial charge >= 0.3 is 0 Å². The van der Waals surface area contributed by atoms with Gasteiger partial charge in [0.15, 0.2) is 0 Å². The van der Waals surface area contributed by atoms with Crippen LogP contribution in [0.15, 0.2) is 41.9 Å². The molecule has 0 saturated carbocycles. The van der Waals surface area contributed by atoms with Crippen LogP contribution in [0.1, 0.15) is 16.8 Å². The number of hydrogen-bond donors (Lipinski definition) is 1. The fourth-order valence-corrected chi connectivity index (χ4v) is 3.48. The zero-order chi connectivity index (χ0) is 15.6. The van der Waals surface area contributed by atoms with E-state index in [1.165, 1.54) is 9.71 Å². The summed E-state index contributed by atoms with van der Waals surface area (Å²) in [4.78, 5) is 8.07. The molecule has 0 amide bonds. The Morgan fingerprint density at radius 1 is 1.23 bits per heavy atom. The van der Waals surface area contributed by atoms with Crippen LogP contribution < -0.4 is 5.73 Å². The maximum atomic E-state index is 12.4. The minimum Gasteiger partial charge on any atom is -0.368 e. The highest BCUT2D eigenvalue weighted by Gasteiger charge is 2.26. The molecular weight excluding hydrogens is 300 g/mol. The lowest BCUT2D eigenvalue weighted by Crippen LogP contribution is -2.35. The molecule has 1 aromatic heterocycles. The normalized spacial score (nSPS) is 15.8. The molecule has 0 bridgehead atoms. The number of nitrogens with zero attached hydrogens (tertiary/aromatic N) is 3. The molecule has 0 aliphatic carbocycles. The molecule has 1 aliphatic heterocycles. The van der Waals surface area contributed by atoms with Gasteiger partial charge in [-0.25, -0.2) is 18.4 Å². The van der Waals surface area contributed by atoms with Crippen molar-refractivity contribution in [1.29, 1.82) is 0 Å². The smallest absolute Gasteiger partial charge is 0.236 e. The maximum absolute atomic E-state index is 12.4. The first-order valence-corrected chi connectivity index (χ1v) is 8.38. The Bertz CT molecular complexity index is 804. The van der Waals surface area contributed by atoms with Gasteiger partial charge in [0.1, 0.15) is 0 Å². The molecule has 114 valence electrons. The largest absolute Gasteiger partial charge is 0.368 e. The van der Waals surface area contributed by atoms with E-state index in [1.54, 1.807) is 12.3 Å². The van der Waals surface area contributed by atoms with Crippen LogP contribution >= 0.6 is 0 Å². The molecule has 1 aromatic carbocycles. The van der Waals surface area contributed by atoms with Crippen LogP contribution in [0.4, 0.5) is 5.95 Å². The predicted molar refractivity (Wildman–Crippen MR) is 85.0 cm³/mol. The third-order valence-electron chi connectivity index (χ3n) is 3.52. The maximum Gasteiger partial charge on any atom is 0.236 e. The van der Waals surface area contributed by atoms with Crippen molar-refractivity contribution in [3.05, 3.63) is 58.8 Å². The Kier molecular flexibility index (Phi) is 3.91. The van der Waals surface area contributed by atoms with Crippen molar-refractivity contribution in [2.45, 2.75) is 13.0 Å².